The van der Waals surface area contributed by atoms with Gasteiger partial charge in [0.05, 0.1) is 35.8 Å². The van der Waals surface area contributed by atoms with Gasteiger partial charge in [0.15, 0.2) is 5.78 Å². The molecule has 0 N–H and O–H groups in total. The number of ether oxygens (including phenoxy) is 2. The maximum absolute atomic E-state index is 13.7. The van der Waals surface area contributed by atoms with Gasteiger partial charge in [-0.05, 0) is 72.7 Å². The predicted molar refractivity (Wildman–Crippen MR) is 156 cm³/mol. The van der Waals surface area contributed by atoms with E-state index in [1.165, 1.54) is 17.8 Å². The van der Waals surface area contributed by atoms with Crippen LogP contribution in [0.15, 0.2) is 60.8 Å². The van der Waals surface area contributed by atoms with Crippen LogP contribution >= 0.6 is 0 Å². The molecule has 0 radical (unpaired) electrons. The van der Waals surface area contributed by atoms with Gasteiger partial charge in [0.2, 0.25) is 0 Å². The number of benzene rings is 2. The number of carboxylic acids is 1. The van der Waals surface area contributed by atoms with E-state index in [4.69, 9.17) is 14.5 Å². The van der Waals surface area contributed by atoms with Crippen molar-refractivity contribution < 1.29 is 58.5 Å². The monoisotopic (exact) mass is 599 g/mol. The smallest absolute Gasteiger partial charge is 0.543 e. The third-order valence-electron chi connectivity index (χ3n) is 8.72. The zero-order valence-corrected chi connectivity index (χ0v) is 26.8. The molecule has 1 spiro atoms. The van der Waals surface area contributed by atoms with Crippen LogP contribution in [0.5, 0.6) is 11.5 Å². The van der Waals surface area contributed by atoms with Crippen LogP contribution in [-0.2, 0) is 0 Å². The van der Waals surface area contributed by atoms with Crippen LogP contribution in [0.2, 0.25) is 0 Å². The Morgan fingerprint density at radius 2 is 1.82 bits per heavy atom. The molecule has 7 rings (SSSR count). The standard InChI is InChI=1S/C34H31N3O6.Na/c1-2-42-30-18-26(36-31-23(20-6-7-20)4-3-5-24(30)31)32(39)37-14-11-34(12-15-37)19-28(38)25-16-21(8-9-29(25)43-34)22-10-13-35-27(17-22)33(40)41;/h3-5,8-10,13,16-18,20H,2,6-7,11-12,14-15,19H2,1H3,(H,40,41);/q;+1/p-1. The van der Waals surface area contributed by atoms with Gasteiger partial charge in [-0.25, -0.2) is 4.98 Å². The van der Waals surface area contributed by atoms with Crippen molar-refractivity contribution in [1.82, 2.24) is 14.9 Å². The van der Waals surface area contributed by atoms with E-state index in [1.54, 1.807) is 35.2 Å². The van der Waals surface area contributed by atoms with Crippen molar-refractivity contribution >= 4 is 28.6 Å². The number of hydrogen-bond acceptors (Lipinski definition) is 8. The minimum Gasteiger partial charge on any atom is -0.543 e. The Bertz CT molecular complexity index is 1800. The maximum atomic E-state index is 13.7. The van der Waals surface area contributed by atoms with Crippen molar-refractivity contribution in [3.05, 3.63) is 83.3 Å². The van der Waals surface area contributed by atoms with Gasteiger partial charge in [0.25, 0.3) is 5.91 Å². The van der Waals surface area contributed by atoms with Crippen LogP contribution in [0, 0.1) is 0 Å². The molecule has 0 unspecified atom stereocenters. The molecule has 4 aromatic rings. The Labute approximate surface area is 276 Å². The number of fused-ring (bicyclic) bond motifs is 2. The number of pyridine rings is 2. The van der Waals surface area contributed by atoms with E-state index in [2.05, 4.69) is 11.1 Å². The van der Waals surface area contributed by atoms with Crippen LogP contribution in [0.1, 0.15) is 81.8 Å². The summed E-state index contributed by atoms with van der Waals surface area (Å²) in [7, 11) is 0. The first-order valence-corrected chi connectivity index (χ1v) is 14.7. The van der Waals surface area contributed by atoms with E-state index in [0.717, 1.165) is 23.7 Å². The molecule has 1 saturated heterocycles. The SMILES string of the molecule is CCOc1cc(C(=O)N2CCC3(CC2)CC(=O)c2cc(-c4ccnc(C(=O)[O-])c4)ccc2O3)nc2c(C3CC3)cccc12.[Na+]. The zero-order valence-electron chi connectivity index (χ0n) is 24.8. The van der Waals surface area contributed by atoms with Crippen LogP contribution in [0.25, 0.3) is 22.0 Å². The minimum atomic E-state index is -1.36. The number of hydrogen-bond donors (Lipinski definition) is 0. The fraction of sp³-hybridized carbons (Fsp3) is 0.324. The number of para-hydroxylation sites is 1. The summed E-state index contributed by atoms with van der Waals surface area (Å²) in [5, 5.41) is 12.2. The summed E-state index contributed by atoms with van der Waals surface area (Å²) in [6.45, 7) is 3.30. The molecule has 2 fully saturated rings. The van der Waals surface area contributed by atoms with Gasteiger partial charge in [-0.2, -0.15) is 0 Å². The van der Waals surface area contributed by atoms with E-state index in [-0.39, 0.29) is 53.4 Å². The number of Topliss-reactive ketones (excluding diaryl/α,β-unsaturated/α-hetero) is 1. The van der Waals surface area contributed by atoms with Gasteiger partial charge in [-0.3, -0.25) is 14.6 Å². The summed E-state index contributed by atoms with van der Waals surface area (Å²) in [5.41, 5.74) is 3.30. The minimum absolute atomic E-state index is 0. The Morgan fingerprint density at radius 1 is 1.05 bits per heavy atom. The Morgan fingerprint density at radius 3 is 2.55 bits per heavy atom. The zero-order chi connectivity index (χ0) is 29.7. The van der Waals surface area contributed by atoms with Gasteiger partial charge in [-0.15, -0.1) is 0 Å². The van der Waals surface area contributed by atoms with E-state index < -0.39 is 11.6 Å². The van der Waals surface area contributed by atoms with Gasteiger partial charge in [-0.1, -0.05) is 18.2 Å². The molecule has 4 heterocycles. The first-order valence-electron chi connectivity index (χ1n) is 14.7. The fourth-order valence-corrected chi connectivity index (χ4v) is 6.30. The van der Waals surface area contributed by atoms with Gasteiger partial charge in [0, 0.05) is 43.6 Å². The second-order valence-corrected chi connectivity index (χ2v) is 11.6. The second-order valence-electron chi connectivity index (χ2n) is 11.6. The summed E-state index contributed by atoms with van der Waals surface area (Å²) in [6.07, 6.45) is 4.91. The molecule has 2 aromatic carbocycles. The third kappa shape index (κ3) is 5.60. The quantitative estimate of drug-likeness (QED) is 0.307. The van der Waals surface area contributed by atoms with E-state index in [9.17, 15) is 19.5 Å². The molecular formula is C34H30N3NaO6. The largest absolute Gasteiger partial charge is 1.00 e. The molecule has 1 aliphatic carbocycles. The van der Waals surface area contributed by atoms with E-state index >= 15 is 0 Å². The number of likely N-dealkylation sites (tertiary alicyclic amines) is 1. The Balaban J connectivity index is 0.00000343. The average molecular weight is 600 g/mol. The van der Waals surface area contributed by atoms with E-state index in [1.807, 2.05) is 19.1 Å². The van der Waals surface area contributed by atoms with E-state index in [0.29, 0.717) is 72.3 Å². The number of amides is 1. The molecular weight excluding hydrogens is 569 g/mol. The van der Waals surface area contributed by atoms with Crippen molar-refractivity contribution in [1.29, 1.82) is 0 Å². The Kier molecular flexibility index (Phi) is 8.22. The molecule has 3 aliphatic rings. The number of ketones is 1. The fourth-order valence-electron chi connectivity index (χ4n) is 6.30. The number of carbonyl (C=O) groups excluding carboxylic acids is 3. The van der Waals surface area contributed by atoms with Crippen LogP contribution in [-0.4, -0.2) is 57.8 Å². The summed E-state index contributed by atoms with van der Waals surface area (Å²) in [5.74, 6) is 0.104. The average Bonchev–Trinajstić information content (AvgIpc) is 3.86. The number of rotatable bonds is 6. The molecule has 44 heavy (non-hydrogen) atoms. The third-order valence-corrected chi connectivity index (χ3v) is 8.72. The molecule has 2 aliphatic heterocycles. The number of aromatic nitrogens is 2. The Hall–Kier alpha value is -3.79. The molecule has 10 heteroatoms. The molecule has 0 atom stereocenters. The predicted octanol–water partition coefficient (Wildman–Crippen LogP) is 1.58. The van der Waals surface area contributed by atoms with Crippen molar-refractivity contribution in [2.45, 2.75) is 50.5 Å². The topological polar surface area (TPSA) is 122 Å². The van der Waals surface area contributed by atoms with Crippen LogP contribution in [0.3, 0.4) is 0 Å². The van der Waals surface area contributed by atoms with Crippen molar-refractivity contribution in [3.8, 4) is 22.6 Å². The van der Waals surface area contributed by atoms with Crippen molar-refractivity contribution in [3.63, 3.8) is 0 Å². The summed E-state index contributed by atoms with van der Waals surface area (Å²) in [6, 6.07) is 16.3. The van der Waals surface area contributed by atoms with Crippen molar-refractivity contribution in [2.24, 2.45) is 0 Å². The molecule has 2 aromatic heterocycles. The maximum Gasteiger partial charge on any atom is 1.00 e. The molecule has 1 saturated carbocycles. The van der Waals surface area contributed by atoms with Gasteiger partial charge in [0.1, 0.15) is 22.8 Å². The molecule has 218 valence electrons. The summed E-state index contributed by atoms with van der Waals surface area (Å²) in [4.78, 5) is 48.8. The molecule has 9 nitrogen and oxygen atoms in total. The summed E-state index contributed by atoms with van der Waals surface area (Å²) >= 11 is 0. The second kappa shape index (κ2) is 12.0. The molecule has 1 amide bonds. The van der Waals surface area contributed by atoms with Crippen molar-refractivity contribution in [2.75, 3.05) is 19.7 Å². The number of carbonyl (C=O) groups is 3. The van der Waals surface area contributed by atoms with Gasteiger partial charge < -0.3 is 24.3 Å². The number of carboxylic acid groups (broad SMARTS) is 1. The number of aromatic carboxylic acids is 1. The number of piperidine rings is 1. The normalized spacial score (nSPS) is 17.0. The van der Waals surface area contributed by atoms with Crippen LogP contribution < -0.4 is 44.1 Å². The summed E-state index contributed by atoms with van der Waals surface area (Å²) < 4.78 is 12.4. The first kappa shape index (κ1) is 30.2. The first-order chi connectivity index (χ1) is 20.8. The van der Waals surface area contributed by atoms with Gasteiger partial charge >= 0.3 is 29.6 Å². The number of nitrogens with zero attached hydrogens (tertiary/aromatic N) is 3. The molecule has 0 bridgehead atoms. The van der Waals surface area contributed by atoms with Crippen LogP contribution in [0.4, 0.5) is 0 Å².